The molecule has 0 aliphatic carbocycles. The van der Waals surface area contributed by atoms with Crippen LogP contribution in [0.3, 0.4) is 0 Å². The predicted octanol–water partition coefficient (Wildman–Crippen LogP) is 9.27. The molecule has 0 bridgehead atoms. The maximum absolute atomic E-state index is 12.3. The number of amides is 1. The summed E-state index contributed by atoms with van der Waals surface area (Å²) in [6.07, 6.45) is 34.6. The van der Waals surface area contributed by atoms with Crippen LogP contribution >= 0.6 is 7.82 Å². The smallest absolute Gasteiger partial charge is 0.472 e. The molecule has 1 amide bonds. The van der Waals surface area contributed by atoms with Crippen LogP contribution in [0, 0.1) is 0 Å². The number of allylic oxidation sites excluding steroid dienone is 6. The van der Waals surface area contributed by atoms with E-state index in [9.17, 15) is 34.1 Å². The topological polar surface area (TPSA) is 169 Å². The quantitative estimate of drug-likeness (QED) is 0.0210. The highest BCUT2D eigenvalue weighted by atomic mass is 31.2. The Morgan fingerprint density at radius 3 is 1.71 bits per heavy atom. The summed E-state index contributed by atoms with van der Waals surface area (Å²) >= 11 is 0. The molecule has 0 fully saturated rings. The van der Waals surface area contributed by atoms with Gasteiger partial charge in [-0.25, -0.2) is 9.36 Å². The molecule has 0 aliphatic heterocycles. The predicted molar refractivity (Wildman–Crippen MR) is 203 cm³/mol. The van der Waals surface area contributed by atoms with Crippen LogP contribution in [0.1, 0.15) is 162 Å². The minimum Gasteiger partial charge on any atom is -0.480 e. The molecule has 0 aromatic rings. The van der Waals surface area contributed by atoms with Gasteiger partial charge in [0, 0.05) is 12.8 Å². The van der Waals surface area contributed by atoms with Crippen molar-refractivity contribution in [2.24, 2.45) is 0 Å². The van der Waals surface area contributed by atoms with Crippen molar-refractivity contribution in [2.75, 3.05) is 19.8 Å². The number of rotatable bonds is 36. The number of carbonyl (C=O) groups excluding carboxylic acids is 2. The third-order valence-corrected chi connectivity index (χ3v) is 9.14. The lowest BCUT2D eigenvalue weighted by atomic mass is 10.0. The standard InChI is InChI=1S/C39H70NO10P/c1-3-5-7-9-11-13-15-17-18-19-20-22-24-26-28-30-37(42)40-36(39(44)45)34-50-51(46,47)49-33-35(41)32-48-38(43)31-29-27-25-23-21-16-14-12-10-8-6-4-2/h5,7,11,13,17-18,35-36,41H,3-4,6,8-10,12,14-16,19-34H2,1-2H3,(H,40,42)(H,44,45)(H,46,47)/b7-5-,13-11-,18-17-. The number of aliphatic hydroxyl groups excluding tert-OH is 1. The number of carboxylic acids is 1. The number of hydrogen-bond donors (Lipinski definition) is 4. The minimum atomic E-state index is -4.75. The Morgan fingerprint density at radius 2 is 1.14 bits per heavy atom. The fraction of sp³-hybridized carbons (Fsp3) is 0.769. The van der Waals surface area contributed by atoms with Crippen LogP contribution in [0.2, 0.25) is 0 Å². The zero-order chi connectivity index (χ0) is 37.8. The van der Waals surface area contributed by atoms with E-state index >= 15 is 0 Å². The molecule has 0 saturated carbocycles. The van der Waals surface area contributed by atoms with Gasteiger partial charge in [-0.05, 0) is 44.9 Å². The Morgan fingerprint density at radius 1 is 0.647 bits per heavy atom. The summed E-state index contributed by atoms with van der Waals surface area (Å²) in [6, 6.07) is -1.55. The van der Waals surface area contributed by atoms with Gasteiger partial charge in [-0.1, -0.05) is 140 Å². The number of ether oxygens (including phenoxy) is 1. The zero-order valence-electron chi connectivity index (χ0n) is 31.7. The summed E-state index contributed by atoms with van der Waals surface area (Å²) in [5, 5.41) is 21.7. The summed E-state index contributed by atoms with van der Waals surface area (Å²) in [6.45, 7) is 2.44. The number of aliphatic carboxylic acids is 1. The van der Waals surface area contributed by atoms with E-state index in [1.807, 2.05) is 0 Å². The lowest BCUT2D eigenvalue weighted by Crippen LogP contribution is -2.43. The second kappa shape index (κ2) is 34.8. The molecule has 3 atom stereocenters. The number of aliphatic hydroxyl groups is 1. The van der Waals surface area contributed by atoms with Crippen molar-refractivity contribution >= 4 is 25.7 Å². The van der Waals surface area contributed by atoms with E-state index in [-0.39, 0.29) is 12.8 Å². The van der Waals surface area contributed by atoms with Gasteiger partial charge in [-0.15, -0.1) is 0 Å². The van der Waals surface area contributed by atoms with Gasteiger partial charge in [-0.3, -0.25) is 18.6 Å². The van der Waals surface area contributed by atoms with E-state index in [0.29, 0.717) is 12.8 Å². The van der Waals surface area contributed by atoms with Crippen molar-refractivity contribution in [3.05, 3.63) is 36.5 Å². The minimum absolute atomic E-state index is 0.126. The summed E-state index contributed by atoms with van der Waals surface area (Å²) in [5.74, 6) is -2.40. The first-order chi connectivity index (χ1) is 24.6. The van der Waals surface area contributed by atoms with E-state index in [4.69, 9.17) is 13.8 Å². The summed E-state index contributed by atoms with van der Waals surface area (Å²) in [7, 11) is -4.75. The first-order valence-corrected chi connectivity index (χ1v) is 21.0. The SMILES string of the molecule is CC/C=C\C/C=C\C/C=C\CCCCCCCC(=O)NC(COP(=O)(O)OCC(O)COC(=O)CCCCCCCCCCCCCC)C(=O)O. The highest BCUT2D eigenvalue weighted by Crippen LogP contribution is 2.43. The monoisotopic (exact) mass is 743 g/mol. The Hall–Kier alpha value is -2.30. The number of carbonyl (C=O) groups is 3. The van der Waals surface area contributed by atoms with Crippen LogP contribution in [-0.2, 0) is 32.7 Å². The molecular weight excluding hydrogens is 673 g/mol. The number of unbranched alkanes of at least 4 members (excludes halogenated alkanes) is 16. The fourth-order valence-electron chi connectivity index (χ4n) is 5.15. The number of nitrogens with one attached hydrogen (secondary N) is 1. The Labute approximate surface area is 308 Å². The molecule has 0 aromatic heterocycles. The molecule has 0 rings (SSSR count). The van der Waals surface area contributed by atoms with Crippen LogP contribution in [0.4, 0.5) is 0 Å². The van der Waals surface area contributed by atoms with Crippen LogP contribution in [0.25, 0.3) is 0 Å². The van der Waals surface area contributed by atoms with Crippen LogP contribution in [-0.4, -0.2) is 64.9 Å². The van der Waals surface area contributed by atoms with Crippen molar-refractivity contribution in [2.45, 2.75) is 174 Å². The molecule has 0 aromatic carbocycles. The number of carboxylic acid groups (broad SMARTS) is 1. The Kier molecular flexibility index (Phi) is 33.2. The van der Waals surface area contributed by atoms with E-state index in [1.54, 1.807) is 0 Å². The molecule has 0 heterocycles. The zero-order valence-corrected chi connectivity index (χ0v) is 32.5. The number of phosphoric ester groups is 1. The van der Waals surface area contributed by atoms with E-state index in [0.717, 1.165) is 70.6 Å². The third kappa shape index (κ3) is 34.5. The van der Waals surface area contributed by atoms with Crippen LogP contribution in [0.15, 0.2) is 36.5 Å². The maximum Gasteiger partial charge on any atom is 0.472 e. The van der Waals surface area contributed by atoms with E-state index < -0.39 is 57.6 Å². The van der Waals surface area contributed by atoms with E-state index in [1.165, 1.54) is 51.4 Å². The lowest BCUT2D eigenvalue weighted by molar-refractivity contribution is -0.147. The Bertz CT molecular complexity index is 1020. The maximum atomic E-state index is 12.3. The van der Waals surface area contributed by atoms with E-state index in [2.05, 4.69) is 55.6 Å². The van der Waals surface area contributed by atoms with Gasteiger partial charge in [0.15, 0.2) is 6.04 Å². The second-order valence-corrected chi connectivity index (χ2v) is 14.5. The highest BCUT2D eigenvalue weighted by molar-refractivity contribution is 7.47. The molecule has 12 heteroatoms. The molecule has 11 nitrogen and oxygen atoms in total. The summed E-state index contributed by atoms with van der Waals surface area (Å²) in [4.78, 5) is 45.7. The van der Waals surface area contributed by atoms with Gasteiger partial charge in [0.25, 0.3) is 0 Å². The summed E-state index contributed by atoms with van der Waals surface area (Å²) in [5.41, 5.74) is 0. The van der Waals surface area contributed by atoms with Gasteiger partial charge in [0.05, 0.1) is 13.2 Å². The lowest BCUT2D eigenvalue weighted by Gasteiger charge is -2.18. The third-order valence-electron chi connectivity index (χ3n) is 8.19. The number of hydrogen-bond acceptors (Lipinski definition) is 8. The molecule has 0 saturated heterocycles. The normalized spacial score (nSPS) is 14.3. The molecule has 51 heavy (non-hydrogen) atoms. The van der Waals surface area contributed by atoms with Gasteiger partial charge in [0.2, 0.25) is 5.91 Å². The average molecular weight is 744 g/mol. The molecular formula is C39H70NO10P. The fourth-order valence-corrected chi connectivity index (χ4v) is 5.92. The number of phosphoric acid groups is 1. The summed E-state index contributed by atoms with van der Waals surface area (Å²) < 4.78 is 26.7. The molecule has 0 aliphatic rings. The van der Waals surface area contributed by atoms with Crippen molar-refractivity contribution in [3.8, 4) is 0 Å². The van der Waals surface area contributed by atoms with Crippen molar-refractivity contribution in [1.29, 1.82) is 0 Å². The van der Waals surface area contributed by atoms with Crippen molar-refractivity contribution in [1.82, 2.24) is 5.32 Å². The average Bonchev–Trinajstić information content (AvgIpc) is 3.10. The highest BCUT2D eigenvalue weighted by Gasteiger charge is 2.28. The molecule has 0 radical (unpaired) electrons. The Balaban J connectivity index is 3.99. The van der Waals surface area contributed by atoms with Crippen molar-refractivity contribution < 1.29 is 47.8 Å². The largest absolute Gasteiger partial charge is 0.480 e. The van der Waals surface area contributed by atoms with Crippen LogP contribution in [0.5, 0.6) is 0 Å². The first kappa shape index (κ1) is 48.7. The van der Waals surface area contributed by atoms with Crippen molar-refractivity contribution in [3.63, 3.8) is 0 Å². The molecule has 296 valence electrons. The first-order valence-electron chi connectivity index (χ1n) is 19.5. The molecule has 4 N–H and O–H groups in total. The van der Waals surface area contributed by atoms with Crippen LogP contribution < -0.4 is 5.32 Å². The van der Waals surface area contributed by atoms with Gasteiger partial charge in [0.1, 0.15) is 12.7 Å². The van der Waals surface area contributed by atoms with Gasteiger partial charge >= 0.3 is 19.8 Å². The second-order valence-electron chi connectivity index (χ2n) is 13.1. The number of esters is 1. The van der Waals surface area contributed by atoms with Gasteiger partial charge in [-0.2, -0.15) is 0 Å². The van der Waals surface area contributed by atoms with Gasteiger partial charge < -0.3 is 25.2 Å². The molecule has 0 spiro atoms. The molecule has 3 unspecified atom stereocenters.